The summed E-state index contributed by atoms with van der Waals surface area (Å²) >= 11 is 6.27. The number of ether oxygens (including phenoxy) is 1. The number of aromatic nitrogens is 1. The molecule has 3 heterocycles. The van der Waals surface area contributed by atoms with E-state index in [1.165, 1.54) is 8.96 Å². The molecular formula is C20H20BClF2N2O. The number of benzene rings is 1. The van der Waals surface area contributed by atoms with Crippen LogP contribution in [0.3, 0.4) is 0 Å². The van der Waals surface area contributed by atoms with Crippen molar-refractivity contribution in [2.24, 2.45) is 0 Å². The highest BCUT2D eigenvalue weighted by Gasteiger charge is 2.55. The van der Waals surface area contributed by atoms with Gasteiger partial charge in [0.25, 0.3) is 0 Å². The first kappa shape index (κ1) is 18.0. The van der Waals surface area contributed by atoms with Crippen LogP contribution in [0.15, 0.2) is 41.6 Å². The first-order valence-corrected chi connectivity index (χ1v) is 9.17. The molecule has 0 amide bonds. The third-order valence-corrected chi connectivity index (χ3v) is 5.60. The Bertz CT molecular complexity index is 1100. The number of nitrogens with zero attached hydrogens (tertiary/aromatic N) is 2. The fraction of sp³-hybridized carbons (Fsp3) is 0.250. The van der Waals surface area contributed by atoms with Crippen molar-refractivity contribution < 1.29 is 17.9 Å². The van der Waals surface area contributed by atoms with Gasteiger partial charge in [-0.25, -0.2) is 0 Å². The van der Waals surface area contributed by atoms with Gasteiger partial charge in [0, 0.05) is 34.9 Å². The van der Waals surface area contributed by atoms with Gasteiger partial charge in [0.05, 0.1) is 12.7 Å². The zero-order chi connectivity index (χ0) is 19.7. The predicted octanol–water partition coefficient (Wildman–Crippen LogP) is 5.20. The van der Waals surface area contributed by atoms with E-state index >= 15 is 8.63 Å². The molecule has 140 valence electrons. The summed E-state index contributed by atoms with van der Waals surface area (Å²) in [7, 11) is 1.57. The highest BCUT2D eigenvalue weighted by molar-refractivity contribution is 6.58. The zero-order valence-electron chi connectivity index (χ0n) is 15.9. The maximum Gasteiger partial charge on any atom is 0.737 e. The summed E-state index contributed by atoms with van der Waals surface area (Å²) in [6.07, 6.45) is 1.80. The minimum absolute atomic E-state index is 0.520. The average Bonchev–Trinajstić information content (AvgIpc) is 3.05. The predicted molar refractivity (Wildman–Crippen MR) is 106 cm³/mol. The Morgan fingerprint density at radius 2 is 1.81 bits per heavy atom. The van der Waals surface area contributed by atoms with Crippen molar-refractivity contribution in [3.05, 3.63) is 69.1 Å². The molecule has 4 rings (SSSR count). The van der Waals surface area contributed by atoms with Crippen LogP contribution in [0.1, 0.15) is 36.4 Å². The van der Waals surface area contributed by atoms with E-state index in [1.807, 2.05) is 13.8 Å². The van der Waals surface area contributed by atoms with Gasteiger partial charge in [-0.2, -0.15) is 0 Å². The largest absolute Gasteiger partial charge is 0.737 e. The molecular weight excluding hydrogens is 368 g/mol. The second kappa shape index (κ2) is 5.83. The molecule has 0 spiro atoms. The van der Waals surface area contributed by atoms with Crippen LogP contribution in [-0.2, 0) is 0 Å². The topological polar surface area (TPSA) is 17.2 Å². The highest BCUT2D eigenvalue weighted by atomic mass is 35.5. The van der Waals surface area contributed by atoms with Crippen LogP contribution in [-0.4, -0.2) is 28.8 Å². The van der Waals surface area contributed by atoms with E-state index in [0.717, 1.165) is 16.7 Å². The Morgan fingerprint density at radius 3 is 2.48 bits per heavy atom. The second-order valence-corrected chi connectivity index (χ2v) is 7.62. The number of halogens is 3. The maximum atomic E-state index is 15.6. The zero-order valence-corrected chi connectivity index (χ0v) is 16.7. The summed E-state index contributed by atoms with van der Waals surface area (Å²) in [4.78, 5) is 0. The van der Waals surface area contributed by atoms with E-state index in [0.29, 0.717) is 39.1 Å². The van der Waals surface area contributed by atoms with Crippen molar-refractivity contribution in [2.45, 2.75) is 27.7 Å². The normalized spacial score (nSPS) is 17.9. The second-order valence-electron chi connectivity index (χ2n) is 7.18. The monoisotopic (exact) mass is 388 g/mol. The third-order valence-electron chi connectivity index (χ3n) is 5.37. The smallest absolute Gasteiger partial charge is 0.496 e. The molecule has 2 aliphatic heterocycles. The Morgan fingerprint density at radius 1 is 1.11 bits per heavy atom. The molecule has 0 saturated heterocycles. The van der Waals surface area contributed by atoms with Crippen molar-refractivity contribution in [1.82, 2.24) is 4.48 Å². The fourth-order valence-electron chi connectivity index (χ4n) is 4.43. The number of hydrogen-bond acceptors (Lipinski definition) is 1. The van der Waals surface area contributed by atoms with E-state index in [2.05, 4.69) is 0 Å². The number of allylic oxidation sites excluding steroid dienone is 2. The summed E-state index contributed by atoms with van der Waals surface area (Å²) in [6, 6.07) is 7.09. The van der Waals surface area contributed by atoms with Gasteiger partial charge in [0.15, 0.2) is 5.70 Å². The standard InChI is InChI=1S/C20H20BClF2N2O/c1-11-8-13(3)25-19(11)18(16-10-15(22)6-7-17(16)27-5)20-12(2)9-14(4)26(20)21(25,23)24/h6-10H,1-5H3. The fourth-order valence-corrected chi connectivity index (χ4v) is 4.60. The number of fused-ring (bicyclic) bond motifs is 2. The van der Waals surface area contributed by atoms with Crippen molar-refractivity contribution in [3.8, 4) is 5.75 Å². The summed E-state index contributed by atoms with van der Waals surface area (Å²) in [5.41, 5.74) is 5.13. The minimum Gasteiger partial charge on any atom is -0.496 e. The molecule has 2 aliphatic rings. The lowest BCUT2D eigenvalue weighted by Gasteiger charge is -2.34. The van der Waals surface area contributed by atoms with Gasteiger partial charge < -0.3 is 22.3 Å². The molecule has 0 N–H and O–H groups in total. The molecule has 0 unspecified atom stereocenters. The first-order valence-electron chi connectivity index (χ1n) is 8.79. The van der Waals surface area contributed by atoms with Gasteiger partial charge in [-0.15, -0.1) is 0 Å². The lowest BCUT2D eigenvalue weighted by atomic mass is 9.83. The van der Waals surface area contributed by atoms with Crippen LogP contribution < -0.4 is 4.74 Å². The van der Waals surface area contributed by atoms with E-state index in [1.54, 1.807) is 51.3 Å². The van der Waals surface area contributed by atoms with Crippen LogP contribution in [0.5, 0.6) is 5.75 Å². The summed E-state index contributed by atoms with van der Waals surface area (Å²) in [6.45, 7) is 3.17. The Labute approximate surface area is 162 Å². The molecule has 7 heteroatoms. The first-order chi connectivity index (χ1) is 12.7. The average molecular weight is 389 g/mol. The minimum atomic E-state index is -3.99. The summed E-state index contributed by atoms with van der Waals surface area (Å²) in [5, 5.41) is 0.529. The quantitative estimate of drug-likeness (QED) is 0.647. The van der Waals surface area contributed by atoms with Gasteiger partial charge in [0.1, 0.15) is 11.5 Å². The van der Waals surface area contributed by atoms with E-state index in [9.17, 15) is 0 Å². The SMILES string of the molecule is COc1ccc(Cl)cc1C1=C2C(C)=CC(C)=[N+]2[B-](F)(F)n2c(C)cc(C)c21. The molecule has 1 aromatic heterocycles. The highest BCUT2D eigenvalue weighted by Crippen LogP contribution is 2.46. The lowest BCUT2D eigenvalue weighted by Crippen LogP contribution is -2.51. The molecule has 1 aromatic carbocycles. The van der Waals surface area contributed by atoms with Gasteiger partial charge in [-0.3, -0.25) is 0 Å². The van der Waals surface area contributed by atoms with Crippen LogP contribution in [0.2, 0.25) is 5.02 Å². The van der Waals surface area contributed by atoms with Crippen molar-refractivity contribution in [2.75, 3.05) is 7.11 Å². The van der Waals surface area contributed by atoms with Crippen LogP contribution in [0.25, 0.3) is 5.57 Å². The Kier molecular flexibility index (Phi) is 3.90. The van der Waals surface area contributed by atoms with Gasteiger partial charge in [-0.1, -0.05) is 11.6 Å². The van der Waals surface area contributed by atoms with E-state index in [4.69, 9.17) is 16.3 Å². The molecule has 0 aliphatic carbocycles. The Balaban J connectivity index is 2.21. The van der Waals surface area contributed by atoms with Gasteiger partial charge in [0.2, 0.25) is 0 Å². The molecule has 0 bridgehead atoms. The van der Waals surface area contributed by atoms with Crippen molar-refractivity contribution in [1.29, 1.82) is 0 Å². The lowest BCUT2D eigenvalue weighted by molar-refractivity contribution is -0.363. The third kappa shape index (κ3) is 2.36. The van der Waals surface area contributed by atoms with Crippen LogP contribution >= 0.6 is 11.6 Å². The molecule has 0 radical (unpaired) electrons. The van der Waals surface area contributed by atoms with Crippen molar-refractivity contribution in [3.63, 3.8) is 0 Å². The van der Waals surface area contributed by atoms with Gasteiger partial charge in [-0.05, 0) is 56.3 Å². The molecule has 2 aromatic rings. The molecule has 0 saturated carbocycles. The van der Waals surface area contributed by atoms with Gasteiger partial charge >= 0.3 is 6.97 Å². The number of rotatable bonds is 2. The maximum absolute atomic E-state index is 15.6. The van der Waals surface area contributed by atoms with Crippen LogP contribution in [0, 0.1) is 13.8 Å². The number of aryl methyl sites for hydroxylation is 2. The summed E-state index contributed by atoms with van der Waals surface area (Å²) in [5.74, 6) is 0.599. The molecule has 0 atom stereocenters. The van der Waals surface area contributed by atoms with Crippen LogP contribution in [0.4, 0.5) is 8.63 Å². The van der Waals surface area contributed by atoms with E-state index in [-0.39, 0.29) is 0 Å². The number of hydrogen-bond donors (Lipinski definition) is 0. The number of methoxy groups -OCH3 is 1. The van der Waals surface area contributed by atoms with Crippen molar-refractivity contribution >= 4 is 29.9 Å². The van der Waals surface area contributed by atoms with E-state index < -0.39 is 6.97 Å². The Hall–Kier alpha value is -2.34. The summed E-state index contributed by atoms with van der Waals surface area (Å²) < 4.78 is 39.1. The molecule has 27 heavy (non-hydrogen) atoms. The molecule has 0 fully saturated rings. The molecule has 3 nitrogen and oxygen atoms in total.